The number of halogens is 5. The zero-order valence-electron chi connectivity index (χ0n) is 15.4. The zero-order valence-corrected chi connectivity index (χ0v) is 15.4. The van der Waals surface area contributed by atoms with Gasteiger partial charge in [-0.3, -0.25) is 4.40 Å². The molecule has 0 radical (unpaired) electrons. The maximum atomic E-state index is 14.6. The molecular formula is C19H16F5N3O3. The molecule has 0 bridgehead atoms. The summed E-state index contributed by atoms with van der Waals surface area (Å²) in [5, 5.41) is 17.2. The van der Waals surface area contributed by atoms with Crippen LogP contribution in [-0.2, 0) is 10.8 Å². The predicted molar refractivity (Wildman–Crippen MR) is 93.8 cm³/mol. The normalized spacial score (nSPS) is 16.5. The van der Waals surface area contributed by atoms with Gasteiger partial charge < -0.3 is 14.6 Å². The van der Waals surface area contributed by atoms with Gasteiger partial charge in [0, 0.05) is 6.20 Å². The lowest BCUT2D eigenvalue weighted by Crippen LogP contribution is -2.43. The Balaban J connectivity index is 1.59. The van der Waals surface area contributed by atoms with Crippen molar-refractivity contribution in [3.63, 3.8) is 0 Å². The fourth-order valence-corrected chi connectivity index (χ4v) is 3.13. The molecule has 160 valence electrons. The molecule has 0 atom stereocenters. The number of aromatic nitrogens is 3. The van der Waals surface area contributed by atoms with Gasteiger partial charge in [0.15, 0.2) is 5.65 Å². The number of fused-ring (bicyclic) bond motifs is 1. The third-order valence-corrected chi connectivity index (χ3v) is 4.89. The van der Waals surface area contributed by atoms with Crippen molar-refractivity contribution in [2.24, 2.45) is 0 Å². The average Bonchev–Trinajstić information content (AvgIpc) is 3.08. The molecule has 1 saturated carbocycles. The van der Waals surface area contributed by atoms with Gasteiger partial charge in [0.05, 0.1) is 12.2 Å². The summed E-state index contributed by atoms with van der Waals surface area (Å²) in [4.78, 5) is 0. The Bertz CT molecular complexity index is 1050. The monoisotopic (exact) mass is 429 g/mol. The molecule has 30 heavy (non-hydrogen) atoms. The number of alkyl halides is 5. The minimum atomic E-state index is -4.81. The van der Waals surface area contributed by atoms with Crippen molar-refractivity contribution in [2.75, 3.05) is 6.61 Å². The quantitative estimate of drug-likeness (QED) is 0.593. The summed E-state index contributed by atoms with van der Waals surface area (Å²) in [5.74, 6) is -1.16. The summed E-state index contributed by atoms with van der Waals surface area (Å²) in [6.45, 7) is -0.532. The van der Waals surface area contributed by atoms with Gasteiger partial charge in [-0.1, -0.05) is 12.1 Å². The Kier molecular flexibility index (Phi) is 4.89. The Morgan fingerprint density at radius 2 is 1.63 bits per heavy atom. The molecule has 0 spiro atoms. The van der Waals surface area contributed by atoms with Crippen LogP contribution in [0.2, 0.25) is 0 Å². The number of nitrogens with zero attached hydrogens (tertiary/aromatic N) is 3. The van der Waals surface area contributed by atoms with E-state index in [2.05, 4.69) is 19.7 Å². The van der Waals surface area contributed by atoms with Crippen molar-refractivity contribution < 1.29 is 36.5 Å². The maximum Gasteiger partial charge on any atom is 0.573 e. The molecule has 3 aromatic rings. The van der Waals surface area contributed by atoms with E-state index < -0.39 is 36.3 Å². The molecular weight excluding hydrogens is 413 g/mol. The third-order valence-electron chi connectivity index (χ3n) is 4.89. The summed E-state index contributed by atoms with van der Waals surface area (Å²) >= 11 is 0. The Hall–Kier alpha value is -2.79. The molecule has 1 aliphatic carbocycles. The molecule has 1 aliphatic rings. The summed E-state index contributed by atoms with van der Waals surface area (Å²) in [5.41, 5.74) is -0.207. The van der Waals surface area contributed by atoms with Gasteiger partial charge in [-0.2, -0.15) is 8.78 Å². The van der Waals surface area contributed by atoms with Gasteiger partial charge in [-0.05, 0) is 54.7 Å². The van der Waals surface area contributed by atoms with Crippen LogP contribution in [-0.4, -0.2) is 38.3 Å². The van der Waals surface area contributed by atoms with Crippen LogP contribution < -0.4 is 4.74 Å². The van der Waals surface area contributed by atoms with E-state index in [4.69, 9.17) is 0 Å². The van der Waals surface area contributed by atoms with E-state index in [9.17, 15) is 27.1 Å². The van der Waals surface area contributed by atoms with Crippen molar-refractivity contribution in [1.29, 1.82) is 0 Å². The Morgan fingerprint density at radius 1 is 0.967 bits per heavy atom. The highest BCUT2D eigenvalue weighted by Gasteiger charge is 2.43. The van der Waals surface area contributed by atoms with Gasteiger partial charge >= 0.3 is 12.5 Å². The van der Waals surface area contributed by atoms with E-state index in [1.165, 1.54) is 24.4 Å². The molecule has 2 aromatic heterocycles. The van der Waals surface area contributed by atoms with Crippen LogP contribution in [0.5, 0.6) is 5.75 Å². The second-order valence-corrected chi connectivity index (χ2v) is 7.13. The van der Waals surface area contributed by atoms with Gasteiger partial charge in [0.1, 0.15) is 5.75 Å². The first-order chi connectivity index (χ1) is 14.0. The molecule has 4 rings (SSSR count). The third kappa shape index (κ3) is 4.21. The van der Waals surface area contributed by atoms with Crippen LogP contribution in [0.15, 0.2) is 42.6 Å². The highest BCUT2D eigenvalue weighted by Crippen LogP contribution is 2.36. The summed E-state index contributed by atoms with van der Waals surface area (Å²) in [7, 11) is 0. The molecule has 0 unspecified atom stereocenters. The standard InChI is InChI=1S/C19H16F5N3O3/c20-18(21,29-11-17(28)8-1-9-17)16-26-25-15-7-4-13(10-27(15)16)12-2-5-14(6-3-12)30-19(22,23)24/h2-7,10,28H,1,8-9,11H2. The second kappa shape index (κ2) is 7.17. The summed E-state index contributed by atoms with van der Waals surface area (Å²) < 4.78 is 75.5. The van der Waals surface area contributed by atoms with Gasteiger partial charge in [0.2, 0.25) is 5.82 Å². The molecule has 0 aliphatic heterocycles. The molecule has 1 fully saturated rings. The van der Waals surface area contributed by atoms with Gasteiger partial charge in [-0.15, -0.1) is 23.4 Å². The number of benzene rings is 1. The Morgan fingerprint density at radius 3 is 2.23 bits per heavy atom. The van der Waals surface area contributed by atoms with Crippen molar-refractivity contribution in [3.05, 3.63) is 48.4 Å². The van der Waals surface area contributed by atoms with Gasteiger partial charge in [-0.25, -0.2) is 0 Å². The molecule has 0 saturated heterocycles. The van der Waals surface area contributed by atoms with Crippen LogP contribution in [0.1, 0.15) is 25.1 Å². The predicted octanol–water partition coefficient (Wildman–Crippen LogP) is 4.28. The van der Waals surface area contributed by atoms with Crippen molar-refractivity contribution >= 4 is 5.65 Å². The van der Waals surface area contributed by atoms with E-state index in [0.29, 0.717) is 24.0 Å². The zero-order chi connectivity index (χ0) is 21.6. The van der Waals surface area contributed by atoms with Crippen molar-refractivity contribution in [1.82, 2.24) is 14.6 Å². The first kappa shape index (κ1) is 20.5. The lowest BCUT2D eigenvalue weighted by Gasteiger charge is -2.36. The maximum absolute atomic E-state index is 14.6. The highest BCUT2D eigenvalue weighted by molar-refractivity contribution is 5.65. The Labute approximate surface area is 166 Å². The number of rotatable bonds is 6. The average molecular weight is 429 g/mol. The number of aliphatic hydroxyl groups is 1. The van der Waals surface area contributed by atoms with E-state index in [0.717, 1.165) is 23.0 Å². The highest BCUT2D eigenvalue weighted by atomic mass is 19.4. The first-order valence-electron chi connectivity index (χ1n) is 9.00. The number of hydrogen-bond donors (Lipinski definition) is 1. The molecule has 6 nitrogen and oxygen atoms in total. The van der Waals surface area contributed by atoms with Crippen molar-refractivity contribution in [3.8, 4) is 16.9 Å². The largest absolute Gasteiger partial charge is 0.573 e. The number of hydrogen-bond acceptors (Lipinski definition) is 5. The van der Waals surface area contributed by atoms with Crippen LogP contribution in [0.3, 0.4) is 0 Å². The van der Waals surface area contributed by atoms with E-state index in [1.807, 2.05) is 0 Å². The molecule has 0 amide bonds. The van der Waals surface area contributed by atoms with Gasteiger partial charge in [0.25, 0.3) is 0 Å². The van der Waals surface area contributed by atoms with Crippen LogP contribution in [0, 0.1) is 0 Å². The minimum Gasteiger partial charge on any atom is -0.406 e. The molecule has 11 heteroatoms. The van der Waals surface area contributed by atoms with Crippen molar-refractivity contribution in [2.45, 2.75) is 37.3 Å². The fourth-order valence-electron chi connectivity index (χ4n) is 3.13. The first-order valence-corrected chi connectivity index (χ1v) is 9.00. The van der Waals surface area contributed by atoms with E-state index in [-0.39, 0.29) is 5.65 Å². The van der Waals surface area contributed by atoms with E-state index >= 15 is 0 Å². The van der Waals surface area contributed by atoms with Crippen LogP contribution in [0.4, 0.5) is 22.0 Å². The SMILES string of the molecule is OC1(COC(F)(F)c2nnc3ccc(-c4ccc(OC(F)(F)F)cc4)cn23)CCC1. The molecule has 2 heterocycles. The van der Waals surface area contributed by atoms with E-state index in [1.54, 1.807) is 6.07 Å². The smallest absolute Gasteiger partial charge is 0.406 e. The lowest BCUT2D eigenvalue weighted by molar-refractivity contribution is -0.281. The topological polar surface area (TPSA) is 68.9 Å². The van der Waals surface area contributed by atoms with Crippen LogP contribution in [0.25, 0.3) is 16.8 Å². The lowest BCUT2D eigenvalue weighted by atomic mass is 9.81. The fraction of sp³-hybridized carbons (Fsp3) is 0.368. The number of pyridine rings is 1. The summed E-state index contributed by atoms with van der Waals surface area (Å²) in [6.07, 6.45) is -5.75. The summed E-state index contributed by atoms with van der Waals surface area (Å²) in [6, 6.07) is 8.00. The molecule has 1 aromatic carbocycles. The number of ether oxygens (including phenoxy) is 2. The minimum absolute atomic E-state index is 0.136. The van der Waals surface area contributed by atoms with Crippen LogP contribution >= 0.6 is 0 Å². The molecule has 1 N–H and O–H groups in total. The second-order valence-electron chi connectivity index (χ2n) is 7.13.